The molecule has 1 unspecified atom stereocenters. The highest BCUT2D eigenvalue weighted by molar-refractivity contribution is 8.00. The molecule has 1 aliphatic carbocycles. The molecule has 2 aliphatic rings. The first kappa shape index (κ1) is 19.1. The van der Waals surface area contributed by atoms with Gasteiger partial charge in [-0.05, 0) is 68.4 Å². The fourth-order valence-corrected chi connectivity index (χ4v) is 6.66. The van der Waals surface area contributed by atoms with Gasteiger partial charge in [0, 0.05) is 33.6 Å². The van der Waals surface area contributed by atoms with Crippen LogP contribution in [0.1, 0.15) is 57.4 Å². The van der Waals surface area contributed by atoms with Crippen molar-refractivity contribution in [2.45, 2.75) is 78.7 Å². The van der Waals surface area contributed by atoms with Crippen molar-refractivity contribution in [2.75, 3.05) is 0 Å². The van der Waals surface area contributed by atoms with Crippen LogP contribution in [0.4, 0.5) is 0 Å². The summed E-state index contributed by atoms with van der Waals surface area (Å²) in [5.41, 5.74) is 4.03. The number of benzene rings is 1. The summed E-state index contributed by atoms with van der Waals surface area (Å²) >= 11 is 3.93. The Morgan fingerprint density at radius 3 is 2.89 bits per heavy atom. The Labute approximate surface area is 170 Å². The van der Waals surface area contributed by atoms with Gasteiger partial charge in [0.1, 0.15) is 10.8 Å². The Morgan fingerprint density at radius 1 is 1.22 bits per heavy atom. The van der Waals surface area contributed by atoms with Crippen molar-refractivity contribution in [3.05, 3.63) is 42.1 Å². The summed E-state index contributed by atoms with van der Waals surface area (Å²) < 4.78 is 0. The van der Waals surface area contributed by atoms with Crippen molar-refractivity contribution < 1.29 is 4.79 Å². The molecule has 0 N–H and O–H groups in total. The number of hydrogen-bond donors (Lipinski definition) is 0. The number of aryl methyl sites for hydroxylation is 1. The molecule has 4 rings (SSSR count). The molecular weight excluding hydrogens is 370 g/mol. The maximum Gasteiger partial charge on any atom is 0.129 e. The molecule has 0 amide bonds. The van der Waals surface area contributed by atoms with Crippen LogP contribution in [-0.2, 0) is 11.2 Å². The zero-order chi connectivity index (χ0) is 18.6. The fourth-order valence-electron chi connectivity index (χ4n) is 4.05. The van der Waals surface area contributed by atoms with Crippen LogP contribution in [0.25, 0.3) is 11.1 Å². The Morgan fingerprint density at radius 2 is 2.07 bits per heavy atom. The first-order valence-electron chi connectivity index (χ1n) is 10.1. The molecule has 0 spiro atoms. The summed E-state index contributed by atoms with van der Waals surface area (Å²) in [6.45, 7) is 1.70. The van der Waals surface area contributed by atoms with E-state index in [1.807, 2.05) is 29.7 Å². The third kappa shape index (κ3) is 4.78. The molecule has 0 bridgehead atoms. The van der Waals surface area contributed by atoms with E-state index in [1.165, 1.54) is 58.7 Å². The van der Waals surface area contributed by atoms with Crippen LogP contribution in [0.15, 0.2) is 46.5 Å². The Hall–Kier alpha value is -1.26. The Kier molecular flexibility index (Phi) is 6.24. The second-order valence-corrected chi connectivity index (χ2v) is 10.4. The number of pyridine rings is 1. The minimum absolute atomic E-state index is 0.306. The fraction of sp³-hybridized carbons (Fsp3) is 0.478. The number of carbonyl (C=O) groups is 1. The molecule has 1 fully saturated rings. The smallest absolute Gasteiger partial charge is 0.129 e. The van der Waals surface area contributed by atoms with Crippen LogP contribution >= 0.6 is 23.5 Å². The SMILES string of the molecule is CC(=O)CCC1CCc2cc(-c3cccnc3SC3CCCC3)ccc2S1. The Bertz CT molecular complexity index is 814. The molecule has 0 saturated heterocycles. The van der Waals surface area contributed by atoms with Crippen LogP contribution in [-0.4, -0.2) is 21.3 Å². The van der Waals surface area contributed by atoms with E-state index in [4.69, 9.17) is 4.98 Å². The molecule has 142 valence electrons. The lowest BCUT2D eigenvalue weighted by atomic mass is 9.99. The van der Waals surface area contributed by atoms with Gasteiger partial charge in [-0.3, -0.25) is 0 Å². The summed E-state index contributed by atoms with van der Waals surface area (Å²) in [4.78, 5) is 17.4. The summed E-state index contributed by atoms with van der Waals surface area (Å²) in [5, 5.41) is 2.50. The van der Waals surface area contributed by atoms with Crippen molar-refractivity contribution in [1.82, 2.24) is 4.98 Å². The average Bonchev–Trinajstić information content (AvgIpc) is 3.19. The molecule has 2 aromatic rings. The monoisotopic (exact) mass is 397 g/mol. The average molecular weight is 398 g/mol. The lowest BCUT2D eigenvalue weighted by molar-refractivity contribution is -0.117. The van der Waals surface area contributed by atoms with E-state index < -0.39 is 0 Å². The molecule has 2 nitrogen and oxygen atoms in total. The standard InChI is InChI=1S/C23H27NOS2/c1-16(25)8-11-20-12-9-18-15-17(10-13-22(18)26-20)21-7-4-14-24-23(21)27-19-5-2-3-6-19/h4,7,10,13-15,19-20H,2-3,5-6,8-9,11-12H2,1H3. The highest BCUT2D eigenvalue weighted by Crippen LogP contribution is 2.42. The van der Waals surface area contributed by atoms with Gasteiger partial charge in [-0.15, -0.1) is 23.5 Å². The van der Waals surface area contributed by atoms with Gasteiger partial charge in [0.2, 0.25) is 0 Å². The molecule has 4 heteroatoms. The predicted octanol–water partition coefficient (Wildman–Crippen LogP) is 6.56. The zero-order valence-electron chi connectivity index (χ0n) is 15.9. The maximum atomic E-state index is 11.3. The van der Waals surface area contributed by atoms with Crippen molar-refractivity contribution >= 4 is 29.3 Å². The number of nitrogens with zero attached hydrogens (tertiary/aromatic N) is 1. The molecule has 1 aromatic carbocycles. The van der Waals surface area contributed by atoms with Gasteiger partial charge in [0.15, 0.2) is 0 Å². The van der Waals surface area contributed by atoms with Crippen molar-refractivity contribution in [3.63, 3.8) is 0 Å². The van der Waals surface area contributed by atoms with E-state index in [9.17, 15) is 4.79 Å². The number of thioether (sulfide) groups is 2. The predicted molar refractivity (Wildman–Crippen MR) is 116 cm³/mol. The lowest BCUT2D eigenvalue weighted by Crippen LogP contribution is -2.12. The van der Waals surface area contributed by atoms with Crippen molar-refractivity contribution in [2.24, 2.45) is 0 Å². The molecular formula is C23H27NOS2. The first-order chi connectivity index (χ1) is 13.2. The quantitative estimate of drug-likeness (QED) is 0.552. The second kappa shape index (κ2) is 8.83. The number of hydrogen-bond acceptors (Lipinski definition) is 4. The third-order valence-corrected chi connectivity index (χ3v) is 8.38. The van der Waals surface area contributed by atoms with Crippen LogP contribution < -0.4 is 0 Å². The molecule has 1 saturated carbocycles. The number of aromatic nitrogens is 1. The highest BCUT2D eigenvalue weighted by Gasteiger charge is 2.22. The van der Waals surface area contributed by atoms with Crippen LogP contribution in [0.5, 0.6) is 0 Å². The third-order valence-electron chi connectivity index (χ3n) is 5.57. The zero-order valence-corrected chi connectivity index (χ0v) is 17.6. The number of Topliss-reactive ketones (excluding diaryl/α,β-unsaturated/α-hetero) is 1. The minimum Gasteiger partial charge on any atom is -0.300 e. The van der Waals surface area contributed by atoms with E-state index in [1.54, 1.807) is 6.92 Å². The topological polar surface area (TPSA) is 30.0 Å². The van der Waals surface area contributed by atoms with E-state index >= 15 is 0 Å². The molecule has 27 heavy (non-hydrogen) atoms. The summed E-state index contributed by atoms with van der Waals surface area (Å²) in [6, 6.07) is 11.2. The van der Waals surface area contributed by atoms with E-state index in [0.29, 0.717) is 17.5 Å². The summed E-state index contributed by atoms with van der Waals surface area (Å²) in [7, 11) is 0. The highest BCUT2D eigenvalue weighted by atomic mass is 32.2. The Balaban J connectivity index is 1.52. The van der Waals surface area contributed by atoms with Gasteiger partial charge in [-0.1, -0.05) is 25.0 Å². The minimum atomic E-state index is 0.306. The largest absolute Gasteiger partial charge is 0.300 e. The molecule has 2 heterocycles. The molecule has 1 aromatic heterocycles. The van der Waals surface area contributed by atoms with Crippen LogP contribution in [0.2, 0.25) is 0 Å². The number of fused-ring (bicyclic) bond motifs is 1. The number of carbonyl (C=O) groups excluding carboxylic acids is 1. The molecule has 1 aliphatic heterocycles. The first-order valence-corrected chi connectivity index (χ1v) is 11.9. The van der Waals surface area contributed by atoms with Crippen molar-refractivity contribution in [1.29, 1.82) is 0 Å². The van der Waals surface area contributed by atoms with Gasteiger partial charge in [0.05, 0.1) is 0 Å². The summed E-state index contributed by atoms with van der Waals surface area (Å²) in [6.07, 6.45) is 11.3. The van der Waals surface area contributed by atoms with Crippen molar-refractivity contribution in [3.8, 4) is 11.1 Å². The van der Waals surface area contributed by atoms with Gasteiger partial charge in [-0.2, -0.15) is 0 Å². The van der Waals surface area contributed by atoms with Gasteiger partial charge in [0.25, 0.3) is 0 Å². The van der Waals surface area contributed by atoms with E-state index in [-0.39, 0.29) is 0 Å². The van der Waals surface area contributed by atoms with Gasteiger partial charge >= 0.3 is 0 Å². The molecule has 1 atom stereocenters. The number of ketones is 1. The van der Waals surface area contributed by atoms with E-state index in [2.05, 4.69) is 30.3 Å². The second-order valence-electron chi connectivity index (χ2n) is 7.72. The summed E-state index contributed by atoms with van der Waals surface area (Å²) in [5.74, 6) is 0.306. The van der Waals surface area contributed by atoms with Gasteiger partial charge in [-0.25, -0.2) is 4.98 Å². The molecule has 0 radical (unpaired) electrons. The van der Waals surface area contributed by atoms with Crippen LogP contribution in [0, 0.1) is 0 Å². The maximum absolute atomic E-state index is 11.3. The lowest BCUT2D eigenvalue weighted by Gasteiger charge is -2.24. The van der Waals surface area contributed by atoms with E-state index in [0.717, 1.165) is 18.1 Å². The normalized spacial score (nSPS) is 19.8. The van der Waals surface area contributed by atoms with Gasteiger partial charge < -0.3 is 4.79 Å². The number of rotatable bonds is 6. The van der Waals surface area contributed by atoms with Crippen LogP contribution in [0.3, 0.4) is 0 Å².